The second kappa shape index (κ2) is 7.68. The van der Waals surface area contributed by atoms with Crippen LogP contribution in [0.5, 0.6) is 5.75 Å². The van der Waals surface area contributed by atoms with E-state index in [1.165, 1.54) is 37.7 Å². The Bertz CT molecular complexity index is 385. The molecule has 1 aromatic rings. The van der Waals surface area contributed by atoms with Gasteiger partial charge in [0.1, 0.15) is 5.75 Å². The van der Waals surface area contributed by atoms with E-state index in [4.69, 9.17) is 4.74 Å². The predicted molar refractivity (Wildman–Crippen MR) is 85.1 cm³/mol. The van der Waals surface area contributed by atoms with Gasteiger partial charge in [0, 0.05) is 12.6 Å². The fourth-order valence-electron chi connectivity index (χ4n) is 3.07. The SMILES string of the molecule is CCC1CCCC(NCc2ccc(OC(C)C)cc2)C1. The fraction of sp³-hybridized carbons (Fsp3) is 0.667. The van der Waals surface area contributed by atoms with Gasteiger partial charge in [0.25, 0.3) is 0 Å². The molecule has 2 nitrogen and oxygen atoms in total. The van der Waals surface area contributed by atoms with E-state index in [-0.39, 0.29) is 6.10 Å². The van der Waals surface area contributed by atoms with Gasteiger partial charge in [0.2, 0.25) is 0 Å². The van der Waals surface area contributed by atoms with Gasteiger partial charge in [-0.05, 0) is 50.3 Å². The summed E-state index contributed by atoms with van der Waals surface area (Å²) in [6, 6.07) is 9.20. The normalized spacial score (nSPS) is 23.0. The summed E-state index contributed by atoms with van der Waals surface area (Å²) in [6.45, 7) is 7.41. The maximum absolute atomic E-state index is 5.67. The molecule has 0 aromatic heterocycles. The van der Waals surface area contributed by atoms with Crippen molar-refractivity contribution in [3.8, 4) is 5.75 Å². The summed E-state index contributed by atoms with van der Waals surface area (Å²) in [5.74, 6) is 1.90. The Morgan fingerprint density at radius 3 is 2.60 bits per heavy atom. The quantitative estimate of drug-likeness (QED) is 0.823. The third-order valence-electron chi connectivity index (χ3n) is 4.25. The van der Waals surface area contributed by atoms with E-state index in [0.29, 0.717) is 6.04 Å². The Morgan fingerprint density at radius 2 is 1.95 bits per heavy atom. The van der Waals surface area contributed by atoms with Crippen LogP contribution in [-0.4, -0.2) is 12.1 Å². The summed E-state index contributed by atoms with van der Waals surface area (Å²) in [5, 5.41) is 3.72. The van der Waals surface area contributed by atoms with Crippen LogP contribution in [0.15, 0.2) is 24.3 Å². The van der Waals surface area contributed by atoms with E-state index in [2.05, 4.69) is 50.4 Å². The van der Waals surface area contributed by atoms with Crippen molar-refractivity contribution in [1.82, 2.24) is 5.32 Å². The van der Waals surface area contributed by atoms with Gasteiger partial charge in [0.05, 0.1) is 6.10 Å². The zero-order valence-corrected chi connectivity index (χ0v) is 13.2. The highest BCUT2D eigenvalue weighted by Gasteiger charge is 2.19. The van der Waals surface area contributed by atoms with Crippen LogP contribution in [-0.2, 0) is 6.54 Å². The molecule has 0 aliphatic heterocycles. The Balaban J connectivity index is 1.78. The fourth-order valence-corrected chi connectivity index (χ4v) is 3.07. The topological polar surface area (TPSA) is 21.3 Å². The Hall–Kier alpha value is -1.02. The second-order valence-electron chi connectivity index (χ2n) is 6.33. The van der Waals surface area contributed by atoms with E-state index in [1.807, 2.05) is 0 Å². The molecule has 1 aliphatic rings. The first-order valence-electron chi connectivity index (χ1n) is 8.16. The van der Waals surface area contributed by atoms with E-state index in [1.54, 1.807) is 0 Å². The molecular weight excluding hydrogens is 246 g/mol. The number of hydrogen-bond donors (Lipinski definition) is 1. The van der Waals surface area contributed by atoms with Gasteiger partial charge in [0.15, 0.2) is 0 Å². The highest BCUT2D eigenvalue weighted by atomic mass is 16.5. The Kier molecular flexibility index (Phi) is 5.90. The second-order valence-corrected chi connectivity index (χ2v) is 6.33. The molecule has 1 saturated carbocycles. The third-order valence-corrected chi connectivity index (χ3v) is 4.25. The monoisotopic (exact) mass is 275 g/mol. The van der Waals surface area contributed by atoms with Gasteiger partial charge in [-0.3, -0.25) is 0 Å². The smallest absolute Gasteiger partial charge is 0.119 e. The summed E-state index contributed by atoms with van der Waals surface area (Å²) in [6.07, 6.45) is 7.08. The van der Waals surface area contributed by atoms with Gasteiger partial charge in [-0.25, -0.2) is 0 Å². The number of benzene rings is 1. The van der Waals surface area contributed by atoms with Crippen LogP contribution in [0.25, 0.3) is 0 Å². The highest BCUT2D eigenvalue weighted by Crippen LogP contribution is 2.26. The zero-order valence-electron chi connectivity index (χ0n) is 13.2. The van der Waals surface area contributed by atoms with Crippen LogP contribution in [0, 0.1) is 5.92 Å². The van der Waals surface area contributed by atoms with Crippen molar-refractivity contribution in [2.45, 2.75) is 71.6 Å². The molecule has 0 spiro atoms. The first kappa shape index (κ1) is 15.4. The van der Waals surface area contributed by atoms with Crippen LogP contribution < -0.4 is 10.1 Å². The molecular formula is C18H29NO. The molecule has 112 valence electrons. The van der Waals surface area contributed by atoms with Gasteiger partial charge in [-0.2, -0.15) is 0 Å². The minimum atomic E-state index is 0.243. The lowest BCUT2D eigenvalue weighted by atomic mass is 9.84. The number of rotatable bonds is 6. The molecule has 0 saturated heterocycles. The van der Waals surface area contributed by atoms with Crippen LogP contribution in [0.2, 0.25) is 0 Å². The molecule has 1 aliphatic carbocycles. The van der Waals surface area contributed by atoms with E-state index >= 15 is 0 Å². The molecule has 0 radical (unpaired) electrons. The maximum atomic E-state index is 5.67. The minimum absolute atomic E-state index is 0.243. The lowest BCUT2D eigenvalue weighted by molar-refractivity contribution is 0.242. The molecule has 20 heavy (non-hydrogen) atoms. The maximum Gasteiger partial charge on any atom is 0.119 e. The molecule has 0 heterocycles. The van der Waals surface area contributed by atoms with Gasteiger partial charge >= 0.3 is 0 Å². The van der Waals surface area contributed by atoms with Crippen molar-refractivity contribution in [1.29, 1.82) is 0 Å². The van der Waals surface area contributed by atoms with Crippen molar-refractivity contribution in [3.05, 3.63) is 29.8 Å². The molecule has 1 N–H and O–H groups in total. The molecule has 0 bridgehead atoms. The summed E-state index contributed by atoms with van der Waals surface area (Å²) in [5.41, 5.74) is 1.35. The molecule has 2 rings (SSSR count). The highest BCUT2D eigenvalue weighted by molar-refractivity contribution is 5.27. The largest absolute Gasteiger partial charge is 0.491 e. The summed E-state index contributed by atoms with van der Waals surface area (Å²) in [4.78, 5) is 0. The standard InChI is InChI=1S/C18H29NO/c1-4-15-6-5-7-17(12-15)19-13-16-8-10-18(11-9-16)20-14(2)3/h8-11,14-15,17,19H,4-7,12-13H2,1-3H3. The van der Waals surface area contributed by atoms with Crippen LogP contribution >= 0.6 is 0 Å². The Labute approximate surface area is 123 Å². The van der Waals surface area contributed by atoms with E-state index < -0.39 is 0 Å². The van der Waals surface area contributed by atoms with Gasteiger partial charge in [-0.15, -0.1) is 0 Å². The molecule has 1 aromatic carbocycles. The zero-order chi connectivity index (χ0) is 14.4. The average molecular weight is 275 g/mol. The summed E-state index contributed by atoms with van der Waals surface area (Å²) < 4.78 is 5.67. The molecule has 2 unspecified atom stereocenters. The van der Waals surface area contributed by atoms with Crippen molar-refractivity contribution in [2.75, 3.05) is 0 Å². The van der Waals surface area contributed by atoms with E-state index in [9.17, 15) is 0 Å². The van der Waals surface area contributed by atoms with Gasteiger partial charge < -0.3 is 10.1 Å². The first-order valence-corrected chi connectivity index (χ1v) is 8.16. The molecule has 1 fully saturated rings. The van der Waals surface area contributed by atoms with Crippen molar-refractivity contribution < 1.29 is 4.74 Å². The summed E-state index contributed by atoms with van der Waals surface area (Å²) in [7, 11) is 0. The lowest BCUT2D eigenvalue weighted by Gasteiger charge is -2.29. The van der Waals surface area contributed by atoms with Crippen LogP contribution in [0.3, 0.4) is 0 Å². The van der Waals surface area contributed by atoms with Crippen LogP contribution in [0.4, 0.5) is 0 Å². The van der Waals surface area contributed by atoms with Crippen LogP contribution in [0.1, 0.15) is 58.4 Å². The minimum Gasteiger partial charge on any atom is -0.491 e. The predicted octanol–water partition coefficient (Wildman–Crippen LogP) is 4.53. The van der Waals surface area contributed by atoms with Crippen molar-refractivity contribution in [2.24, 2.45) is 5.92 Å². The Morgan fingerprint density at radius 1 is 1.20 bits per heavy atom. The van der Waals surface area contributed by atoms with Crippen molar-refractivity contribution >= 4 is 0 Å². The first-order chi connectivity index (χ1) is 9.67. The van der Waals surface area contributed by atoms with Crippen molar-refractivity contribution in [3.63, 3.8) is 0 Å². The average Bonchev–Trinajstić information content (AvgIpc) is 2.46. The molecule has 0 amide bonds. The number of nitrogens with one attached hydrogen (secondary N) is 1. The number of hydrogen-bond acceptors (Lipinski definition) is 2. The lowest BCUT2D eigenvalue weighted by Crippen LogP contribution is -2.33. The molecule has 2 heteroatoms. The van der Waals surface area contributed by atoms with E-state index in [0.717, 1.165) is 18.2 Å². The summed E-state index contributed by atoms with van der Waals surface area (Å²) >= 11 is 0. The number of ether oxygens (including phenoxy) is 1. The van der Waals surface area contributed by atoms with Gasteiger partial charge in [-0.1, -0.05) is 38.3 Å². The third kappa shape index (κ3) is 4.82. The molecule has 2 atom stereocenters.